The predicted molar refractivity (Wildman–Crippen MR) is 616 cm³/mol. The second kappa shape index (κ2) is 45.3. The Hall–Kier alpha value is -14.4. The first kappa shape index (κ1) is 93.6. The van der Waals surface area contributed by atoms with Crippen LogP contribution in [-0.4, -0.2) is 0 Å². The lowest BCUT2D eigenvalue weighted by Gasteiger charge is -2.30. The number of hydrogen-bond acceptors (Lipinski definition) is 3. The van der Waals surface area contributed by atoms with E-state index in [2.05, 4.69) is 626 Å². The number of benzene rings is 23. The second-order valence-corrected chi connectivity index (χ2v) is 39.4. The molecule has 3 nitrogen and oxygen atoms in total. The van der Waals surface area contributed by atoms with Crippen LogP contribution in [0.1, 0.15) is 22.3 Å². The third-order valence-electron chi connectivity index (χ3n) is 24.6. The van der Waals surface area contributed by atoms with Crippen molar-refractivity contribution in [3.8, 4) is 55.6 Å². The highest BCUT2D eigenvalue weighted by Gasteiger charge is 2.22. The van der Waals surface area contributed by atoms with E-state index < -0.39 is 0 Å². The fraction of sp³-hybridized carbons (Fsp3) is 0.0154. The summed E-state index contributed by atoms with van der Waals surface area (Å²) in [7, 11) is 0. The van der Waals surface area contributed by atoms with Crippen LogP contribution < -0.4 is 14.7 Å². The van der Waals surface area contributed by atoms with E-state index in [4.69, 9.17) is 0 Å². The summed E-state index contributed by atoms with van der Waals surface area (Å²) in [5.41, 5.74) is 27.6. The molecule has 139 heavy (non-hydrogen) atoms. The largest absolute Gasteiger partial charge is 0.310 e. The summed E-state index contributed by atoms with van der Waals surface area (Å²) in [6.45, 7) is 0. The topological polar surface area (TPSA) is 9.72 Å². The number of hydrogen-bond donors (Lipinski definition) is 0. The van der Waals surface area contributed by atoms with Gasteiger partial charge in [-0.1, -0.05) is 508 Å². The highest BCUT2D eigenvalue weighted by atomic mass is 79.9. The molecule has 0 spiro atoms. The molecule has 0 aliphatic heterocycles. The molecule has 0 saturated heterocycles. The normalized spacial score (nSPS) is 10.9. The summed E-state index contributed by atoms with van der Waals surface area (Å²) in [5.74, 6) is 0. The number of halogens is 6. The fourth-order valence-electron chi connectivity index (χ4n) is 18.1. The molecule has 0 bridgehead atoms. The molecule has 23 aromatic rings. The van der Waals surface area contributed by atoms with Crippen LogP contribution in [-0.2, 0) is 12.8 Å². The number of para-hydroxylation sites is 3. The van der Waals surface area contributed by atoms with Gasteiger partial charge in [0, 0.05) is 78.0 Å². The van der Waals surface area contributed by atoms with E-state index in [-0.39, 0.29) is 0 Å². The van der Waals surface area contributed by atoms with Crippen molar-refractivity contribution in [2.24, 2.45) is 0 Å². The summed E-state index contributed by atoms with van der Waals surface area (Å²) >= 11 is 21.2. The van der Waals surface area contributed by atoms with Crippen molar-refractivity contribution in [3.63, 3.8) is 0 Å². The monoisotopic (exact) mass is 2170 g/mol. The van der Waals surface area contributed by atoms with Crippen LogP contribution in [0.3, 0.4) is 0 Å². The van der Waals surface area contributed by atoms with E-state index in [1.165, 1.54) is 132 Å². The van der Waals surface area contributed by atoms with Crippen molar-refractivity contribution in [1.29, 1.82) is 0 Å². The van der Waals surface area contributed by atoms with Gasteiger partial charge in [-0.15, -0.1) is 0 Å². The summed E-state index contributed by atoms with van der Waals surface area (Å²) < 4.78 is 6.28. The van der Waals surface area contributed by atoms with Crippen LogP contribution in [0.5, 0.6) is 0 Å². The minimum Gasteiger partial charge on any atom is -0.310 e. The van der Waals surface area contributed by atoms with E-state index in [1.807, 2.05) is 24.3 Å². The highest BCUT2D eigenvalue weighted by Crippen LogP contribution is 2.46. The Morgan fingerprint density at radius 3 is 0.547 bits per heavy atom. The van der Waals surface area contributed by atoms with Crippen LogP contribution in [0.4, 0.5) is 51.2 Å². The SMILES string of the molecule is Brc1cc(Br)cc(Br)c1.Brc1cc(Br)cc(N(c2ccccc2)c2ccc(-c3cccc4ccccc34)cc2)c1.Brc1cc(N(c2ccccc2)c2ccc(-c3cccc4ccccc34)cc2)cc(N(c2ccccc2)c2ccc(-c3cccc4ccccc34)cc2)c1.c1ccc(Cc2ccc(-c3cccc4ccccc34)cc2)cc1.c1ccc(Cc2ccc(-c3cccc4ccccc34)cc2)cc1. The first-order chi connectivity index (χ1) is 68.4. The van der Waals surface area contributed by atoms with Gasteiger partial charge in [0.2, 0.25) is 0 Å². The van der Waals surface area contributed by atoms with Gasteiger partial charge in [-0.25, -0.2) is 0 Å². The summed E-state index contributed by atoms with van der Waals surface area (Å²) in [4.78, 5) is 6.92. The Balaban J connectivity index is 0.000000122. The minimum atomic E-state index is 0.983. The molecule has 0 fully saturated rings. The van der Waals surface area contributed by atoms with Crippen molar-refractivity contribution in [3.05, 3.63) is 589 Å². The van der Waals surface area contributed by atoms with Gasteiger partial charge in [-0.2, -0.15) is 0 Å². The molecule has 23 aromatic carbocycles. The quantitative estimate of drug-likeness (QED) is 0.0848. The van der Waals surface area contributed by atoms with E-state index >= 15 is 0 Å². The Morgan fingerprint density at radius 2 is 0.302 bits per heavy atom. The molecule has 0 atom stereocenters. The Bertz CT molecular complexity index is 7660. The molecule has 0 N–H and O–H groups in total. The third-order valence-corrected chi connectivity index (χ3v) is 27.4. The molecular formula is C130H93Br6N3. The third kappa shape index (κ3) is 23.2. The van der Waals surface area contributed by atoms with Gasteiger partial charge in [0.25, 0.3) is 0 Å². The number of nitrogens with zero attached hydrogens (tertiary/aromatic N) is 3. The zero-order valence-corrected chi connectivity index (χ0v) is 85.4. The maximum atomic E-state index is 3.92. The molecule has 0 saturated carbocycles. The van der Waals surface area contributed by atoms with Gasteiger partial charge in [-0.05, 0) is 272 Å². The van der Waals surface area contributed by atoms with Crippen molar-refractivity contribution in [1.82, 2.24) is 0 Å². The van der Waals surface area contributed by atoms with Gasteiger partial charge in [0.05, 0.1) is 0 Å². The van der Waals surface area contributed by atoms with Crippen molar-refractivity contribution in [2.45, 2.75) is 12.8 Å². The second-order valence-electron chi connectivity index (χ2n) is 33.9. The molecule has 9 heteroatoms. The molecule has 0 aromatic heterocycles. The van der Waals surface area contributed by atoms with E-state index in [9.17, 15) is 0 Å². The van der Waals surface area contributed by atoms with Crippen LogP contribution in [0.25, 0.3) is 109 Å². The first-order valence-corrected chi connectivity index (χ1v) is 51.0. The Kier molecular flexibility index (Phi) is 30.5. The molecule has 0 heterocycles. The molecule has 0 aliphatic rings. The van der Waals surface area contributed by atoms with Gasteiger partial charge < -0.3 is 14.7 Å². The lowest BCUT2D eigenvalue weighted by atomic mass is 9.96. The maximum absolute atomic E-state index is 3.92. The zero-order chi connectivity index (χ0) is 94.6. The zero-order valence-electron chi connectivity index (χ0n) is 75.9. The summed E-state index contributed by atoms with van der Waals surface area (Å²) in [5, 5.41) is 12.7. The van der Waals surface area contributed by atoms with Gasteiger partial charge in [0.1, 0.15) is 0 Å². The molecule has 0 radical (unpaired) electrons. The number of rotatable bonds is 18. The van der Waals surface area contributed by atoms with E-state index in [0.717, 1.165) is 90.9 Å². The summed E-state index contributed by atoms with van der Waals surface area (Å²) in [6, 6.07) is 192. The maximum Gasteiger partial charge on any atom is 0.0493 e. The highest BCUT2D eigenvalue weighted by molar-refractivity contribution is 9.12. The van der Waals surface area contributed by atoms with Crippen LogP contribution in [0, 0.1) is 0 Å². The van der Waals surface area contributed by atoms with E-state index in [1.54, 1.807) is 0 Å². The fourth-order valence-corrected chi connectivity index (χ4v) is 22.2. The Morgan fingerprint density at radius 1 is 0.129 bits per heavy atom. The molecule has 0 amide bonds. The van der Waals surface area contributed by atoms with Gasteiger partial charge >= 0.3 is 0 Å². The van der Waals surface area contributed by atoms with Gasteiger partial charge in [0.15, 0.2) is 0 Å². The average molecular weight is 2180 g/mol. The van der Waals surface area contributed by atoms with Crippen molar-refractivity contribution in [2.75, 3.05) is 14.7 Å². The Labute approximate surface area is 864 Å². The lowest BCUT2D eigenvalue weighted by molar-refractivity contribution is 1.19. The average Bonchev–Trinajstić information content (AvgIpc) is 0.766. The molecule has 23 rings (SSSR count). The summed E-state index contributed by atoms with van der Waals surface area (Å²) in [6.07, 6.45) is 1.97. The molecule has 670 valence electrons. The first-order valence-electron chi connectivity index (χ1n) is 46.3. The lowest BCUT2D eigenvalue weighted by Crippen LogP contribution is -2.13. The van der Waals surface area contributed by atoms with Crippen molar-refractivity contribution < 1.29 is 0 Å². The smallest absolute Gasteiger partial charge is 0.0493 e. The van der Waals surface area contributed by atoms with Crippen LogP contribution in [0.15, 0.2) is 567 Å². The molecule has 0 unspecified atom stereocenters. The van der Waals surface area contributed by atoms with Crippen molar-refractivity contribution >= 4 is 201 Å². The van der Waals surface area contributed by atoms with E-state index in [0.29, 0.717) is 0 Å². The molecule has 0 aliphatic carbocycles. The predicted octanol–water partition coefficient (Wildman–Crippen LogP) is 40.7. The number of anilines is 9. The van der Waals surface area contributed by atoms with Crippen LogP contribution >= 0.6 is 95.6 Å². The van der Waals surface area contributed by atoms with Crippen LogP contribution in [0.2, 0.25) is 0 Å². The standard InChI is InChI=1S/C50H35BrN2.C28H19Br2N.2C23H18.C6H3Br3/c51-40-33-45(52(41-17-3-1-4-18-41)43-29-25-38(26-30-43)49-23-11-15-36-13-7-9-21-47(36)49)35-46(34-40)53(42-19-5-2-6-20-42)44-31-27-39(28-32-44)50-24-12-16-37-14-8-10-22-48(37)50;29-22-17-23(30)19-26(18-22)31(24-9-2-1-3-10-24)25-15-13-21(14-16-25)28-12-6-8-20-7-4-5-11-27(20)28;2*1-2-7-18(8-3-1)17-19-13-15-21(16-14-19)23-12-6-10-20-9-4-5-11-22(20)23;7-4-1-5(8)3-6(9)2-4/h1-35H;1-19H;2*1-16H,17H2;1-3H. The number of fused-ring (bicyclic) bond motifs is 5. The molecular weight excluding hydrogens is 2080 g/mol. The minimum absolute atomic E-state index is 0.983. The van der Waals surface area contributed by atoms with Gasteiger partial charge in [-0.3, -0.25) is 0 Å².